The van der Waals surface area contributed by atoms with Crippen molar-refractivity contribution in [1.29, 1.82) is 0 Å². The highest BCUT2D eigenvalue weighted by Crippen LogP contribution is 2.37. The number of phenols is 1. The Bertz CT molecular complexity index is 559. The minimum absolute atomic E-state index is 0.0338. The summed E-state index contributed by atoms with van der Waals surface area (Å²) < 4.78 is 10.4. The molecule has 0 aliphatic rings. The molecule has 2 rings (SSSR count). The van der Waals surface area contributed by atoms with Gasteiger partial charge in [0.25, 0.3) is 0 Å². The zero-order valence-corrected chi connectivity index (χ0v) is 12.7. The first kappa shape index (κ1) is 15.0. The van der Waals surface area contributed by atoms with E-state index in [1.165, 1.54) is 14.2 Å². The molecule has 0 bridgehead atoms. The van der Waals surface area contributed by atoms with Crippen molar-refractivity contribution in [3.8, 4) is 17.2 Å². The first-order chi connectivity index (χ1) is 10.2. The van der Waals surface area contributed by atoms with Crippen LogP contribution in [0.2, 0.25) is 0 Å². The van der Waals surface area contributed by atoms with E-state index >= 15 is 0 Å². The van der Waals surface area contributed by atoms with Crippen molar-refractivity contribution in [2.24, 2.45) is 0 Å². The highest BCUT2D eigenvalue weighted by Gasteiger charge is 2.13. The van der Waals surface area contributed by atoms with Gasteiger partial charge in [-0.05, 0) is 36.8 Å². The third-order valence-corrected chi connectivity index (χ3v) is 3.42. The number of rotatable bonds is 6. The van der Waals surface area contributed by atoms with Gasteiger partial charge in [0.1, 0.15) is 0 Å². The highest BCUT2D eigenvalue weighted by molar-refractivity contribution is 5.54. The van der Waals surface area contributed by atoms with E-state index < -0.39 is 0 Å². The second kappa shape index (κ2) is 6.88. The summed E-state index contributed by atoms with van der Waals surface area (Å²) in [5.74, 6) is 0.883. The van der Waals surface area contributed by atoms with Crippen LogP contribution in [0.4, 0.5) is 5.69 Å². The van der Waals surface area contributed by atoms with Gasteiger partial charge >= 0.3 is 0 Å². The lowest BCUT2D eigenvalue weighted by Crippen LogP contribution is -2.21. The fraction of sp³-hybridized carbons (Fsp3) is 0.294. The van der Waals surface area contributed by atoms with Gasteiger partial charge in [-0.2, -0.15) is 0 Å². The predicted octanol–water partition coefficient (Wildman–Crippen LogP) is 3.44. The Morgan fingerprint density at radius 1 is 1.00 bits per heavy atom. The summed E-state index contributed by atoms with van der Waals surface area (Å²) in [5.41, 5.74) is 2.18. The molecule has 0 amide bonds. The highest BCUT2D eigenvalue weighted by atomic mass is 16.5. The van der Waals surface area contributed by atoms with E-state index in [1.807, 2.05) is 30.3 Å². The van der Waals surface area contributed by atoms with E-state index in [9.17, 15) is 5.11 Å². The van der Waals surface area contributed by atoms with E-state index in [0.717, 1.165) is 17.8 Å². The van der Waals surface area contributed by atoms with Crippen molar-refractivity contribution < 1.29 is 14.6 Å². The van der Waals surface area contributed by atoms with E-state index in [-0.39, 0.29) is 5.75 Å². The second-order valence-corrected chi connectivity index (χ2v) is 4.70. The Kier molecular flexibility index (Phi) is 4.93. The molecule has 0 saturated heterocycles. The maximum Gasteiger partial charge on any atom is 0.200 e. The molecule has 0 heterocycles. The van der Waals surface area contributed by atoms with Crippen LogP contribution in [-0.2, 0) is 6.54 Å². The molecule has 0 unspecified atom stereocenters. The van der Waals surface area contributed by atoms with Gasteiger partial charge in [0.15, 0.2) is 11.5 Å². The van der Waals surface area contributed by atoms with Gasteiger partial charge in [0.2, 0.25) is 5.75 Å². The molecule has 4 heteroatoms. The van der Waals surface area contributed by atoms with Crippen molar-refractivity contribution in [2.75, 3.05) is 25.7 Å². The van der Waals surface area contributed by atoms with Crippen LogP contribution < -0.4 is 14.4 Å². The molecule has 2 aromatic rings. The molecular formula is C17H21NO3. The summed E-state index contributed by atoms with van der Waals surface area (Å²) in [5, 5.41) is 9.96. The smallest absolute Gasteiger partial charge is 0.200 e. The SMILES string of the molecule is CCN(Cc1cc(OC)c(O)c(OC)c1)c1ccccc1. The minimum atomic E-state index is 0.0338. The summed E-state index contributed by atoms with van der Waals surface area (Å²) in [6.07, 6.45) is 0. The van der Waals surface area contributed by atoms with Crippen LogP contribution in [0.25, 0.3) is 0 Å². The molecule has 0 spiro atoms. The molecule has 112 valence electrons. The molecule has 21 heavy (non-hydrogen) atoms. The van der Waals surface area contributed by atoms with Crippen molar-refractivity contribution >= 4 is 5.69 Å². The van der Waals surface area contributed by atoms with Gasteiger partial charge in [-0.1, -0.05) is 18.2 Å². The molecule has 2 aromatic carbocycles. The number of hydrogen-bond acceptors (Lipinski definition) is 4. The Morgan fingerprint density at radius 2 is 1.57 bits per heavy atom. The van der Waals surface area contributed by atoms with E-state index in [1.54, 1.807) is 0 Å². The maximum absolute atomic E-state index is 9.96. The van der Waals surface area contributed by atoms with Crippen LogP contribution in [0.5, 0.6) is 17.2 Å². The molecule has 0 aliphatic heterocycles. The van der Waals surface area contributed by atoms with Crippen molar-refractivity contribution in [3.63, 3.8) is 0 Å². The topological polar surface area (TPSA) is 41.9 Å². The molecule has 0 fully saturated rings. The number of benzene rings is 2. The molecule has 0 aromatic heterocycles. The lowest BCUT2D eigenvalue weighted by Gasteiger charge is -2.24. The summed E-state index contributed by atoms with van der Waals surface area (Å²) in [6.45, 7) is 3.71. The Morgan fingerprint density at radius 3 is 2.05 bits per heavy atom. The Hall–Kier alpha value is -2.36. The zero-order valence-electron chi connectivity index (χ0n) is 12.7. The molecule has 0 radical (unpaired) electrons. The number of para-hydroxylation sites is 1. The van der Waals surface area contributed by atoms with Crippen LogP contribution >= 0.6 is 0 Å². The first-order valence-electron chi connectivity index (χ1n) is 6.93. The van der Waals surface area contributed by atoms with Gasteiger partial charge in [0.05, 0.1) is 14.2 Å². The fourth-order valence-electron chi connectivity index (χ4n) is 2.28. The largest absolute Gasteiger partial charge is 0.502 e. The number of ether oxygens (including phenoxy) is 2. The third-order valence-electron chi connectivity index (χ3n) is 3.42. The van der Waals surface area contributed by atoms with Crippen LogP contribution in [-0.4, -0.2) is 25.9 Å². The summed E-state index contributed by atoms with van der Waals surface area (Å²) in [7, 11) is 3.07. The predicted molar refractivity (Wildman–Crippen MR) is 84.4 cm³/mol. The van der Waals surface area contributed by atoms with Gasteiger partial charge in [0, 0.05) is 18.8 Å². The normalized spacial score (nSPS) is 10.2. The number of hydrogen-bond donors (Lipinski definition) is 1. The molecule has 0 aliphatic carbocycles. The van der Waals surface area contributed by atoms with Gasteiger partial charge < -0.3 is 19.5 Å². The number of methoxy groups -OCH3 is 2. The van der Waals surface area contributed by atoms with E-state index in [2.05, 4.69) is 24.0 Å². The number of nitrogens with zero attached hydrogens (tertiary/aromatic N) is 1. The van der Waals surface area contributed by atoms with Crippen molar-refractivity contribution in [3.05, 3.63) is 48.0 Å². The van der Waals surface area contributed by atoms with E-state index in [4.69, 9.17) is 9.47 Å². The molecule has 0 atom stereocenters. The standard InChI is InChI=1S/C17H21NO3/c1-4-18(14-8-6-5-7-9-14)12-13-10-15(20-2)17(19)16(11-13)21-3/h5-11,19H,4,12H2,1-3H3. The molecular weight excluding hydrogens is 266 g/mol. The summed E-state index contributed by atoms with van der Waals surface area (Å²) in [4.78, 5) is 2.24. The lowest BCUT2D eigenvalue weighted by molar-refractivity contribution is 0.339. The van der Waals surface area contributed by atoms with Gasteiger partial charge in [-0.15, -0.1) is 0 Å². The lowest BCUT2D eigenvalue weighted by atomic mass is 10.1. The molecule has 1 N–H and O–H groups in total. The average molecular weight is 287 g/mol. The summed E-state index contributed by atoms with van der Waals surface area (Å²) >= 11 is 0. The number of aromatic hydroxyl groups is 1. The maximum atomic E-state index is 9.96. The van der Waals surface area contributed by atoms with Crippen LogP contribution in [0.3, 0.4) is 0 Å². The fourth-order valence-corrected chi connectivity index (χ4v) is 2.28. The van der Waals surface area contributed by atoms with Crippen LogP contribution in [0.1, 0.15) is 12.5 Å². The zero-order chi connectivity index (χ0) is 15.2. The van der Waals surface area contributed by atoms with Gasteiger partial charge in [-0.25, -0.2) is 0 Å². The molecule has 4 nitrogen and oxygen atoms in total. The summed E-state index contributed by atoms with van der Waals surface area (Å²) in [6, 6.07) is 13.9. The Balaban J connectivity index is 2.29. The van der Waals surface area contributed by atoms with Crippen LogP contribution in [0, 0.1) is 0 Å². The van der Waals surface area contributed by atoms with Crippen LogP contribution in [0.15, 0.2) is 42.5 Å². The van der Waals surface area contributed by atoms with Crippen molar-refractivity contribution in [2.45, 2.75) is 13.5 Å². The van der Waals surface area contributed by atoms with Gasteiger partial charge in [-0.3, -0.25) is 0 Å². The quantitative estimate of drug-likeness (QED) is 0.883. The number of phenolic OH excluding ortho intramolecular Hbond substituents is 1. The number of anilines is 1. The Labute approximate surface area is 125 Å². The van der Waals surface area contributed by atoms with E-state index in [0.29, 0.717) is 18.0 Å². The minimum Gasteiger partial charge on any atom is -0.502 e. The third kappa shape index (κ3) is 3.40. The monoisotopic (exact) mass is 287 g/mol. The first-order valence-corrected chi connectivity index (χ1v) is 6.93. The average Bonchev–Trinajstić information content (AvgIpc) is 2.54. The second-order valence-electron chi connectivity index (χ2n) is 4.70. The van der Waals surface area contributed by atoms with Crippen molar-refractivity contribution in [1.82, 2.24) is 0 Å². The molecule has 0 saturated carbocycles.